The molecule has 1 aliphatic heterocycles. The molecule has 0 aliphatic carbocycles. The van der Waals surface area contributed by atoms with Crippen molar-refractivity contribution in [3.8, 4) is 22.6 Å². The van der Waals surface area contributed by atoms with Gasteiger partial charge in [0, 0.05) is 29.9 Å². The van der Waals surface area contributed by atoms with Crippen molar-refractivity contribution < 1.29 is 9.13 Å². The van der Waals surface area contributed by atoms with Crippen LogP contribution < -0.4 is 4.90 Å². The molecule has 1 saturated heterocycles. The number of pyridine rings is 3. The maximum atomic E-state index is 13.5. The van der Waals surface area contributed by atoms with Gasteiger partial charge in [-0.2, -0.15) is 5.10 Å². The Kier molecular flexibility index (Phi) is 4.40. The molecule has 5 rings (SSSR count). The molecule has 146 valence electrons. The Morgan fingerprint density at radius 1 is 1.17 bits per heavy atom. The quantitative estimate of drug-likeness (QED) is 0.577. The Morgan fingerprint density at radius 3 is 2.86 bits per heavy atom. The molecule has 0 amide bonds. The summed E-state index contributed by atoms with van der Waals surface area (Å²) in [5, 5.41) is 7.91. The molecule has 1 aliphatic rings. The van der Waals surface area contributed by atoms with E-state index in [0.717, 1.165) is 34.5 Å². The van der Waals surface area contributed by atoms with Gasteiger partial charge in [-0.3, -0.25) is 15.1 Å². The van der Waals surface area contributed by atoms with Gasteiger partial charge in [0.1, 0.15) is 22.8 Å². The van der Waals surface area contributed by atoms with Crippen LogP contribution in [0.5, 0.6) is 0 Å². The first-order chi connectivity index (χ1) is 14.2. The van der Waals surface area contributed by atoms with Gasteiger partial charge < -0.3 is 9.64 Å². The molecule has 0 bridgehead atoms. The number of ether oxygens (including phenoxy) is 1. The van der Waals surface area contributed by atoms with E-state index in [9.17, 15) is 4.39 Å². The first-order valence-corrected chi connectivity index (χ1v) is 9.46. The molecular weight excluding hydrogens is 371 g/mol. The normalized spacial score (nSPS) is 17.0. The molecule has 0 saturated carbocycles. The number of morpholine rings is 1. The van der Waals surface area contributed by atoms with Crippen LogP contribution >= 0.6 is 0 Å². The highest BCUT2D eigenvalue weighted by molar-refractivity contribution is 6.00. The lowest BCUT2D eigenvalue weighted by Crippen LogP contribution is -2.44. The first kappa shape index (κ1) is 17.7. The molecule has 29 heavy (non-hydrogen) atoms. The van der Waals surface area contributed by atoms with Crippen LogP contribution in [-0.4, -0.2) is 50.9 Å². The van der Waals surface area contributed by atoms with Gasteiger partial charge in [0.25, 0.3) is 0 Å². The Balaban J connectivity index is 1.77. The van der Waals surface area contributed by atoms with E-state index >= 15 is 0 Å². The zero-order valence-corrected chi connectivity index (χ0v) is 15.8. The van der Waals surface area contributed by atoms with Gasteiger partial charge in [0.2, 0.25) is 0 Å². The summed E-state index contributed by atoms with van der Waals surface area (Å²) in [5.41, 5.74) is 3.81. The van der Waals surface area contributed by atoms with E-state index in [1.165, 1.54) is 12.3 Å². The van der Waals surface area contributed by atoms with Crippen LogP contribution in [0.4, 0.5) is 10.2 Å². The zero-order valence-electron chi connectivity index (χ0n) is 15.8. The topological polar surface area (TPSA) is 79.8 Å². The standard InChI is InChI=1S/C21H19FN6O/c1-13-12-29-9-8-28(13)19-10-16(17-3-2-14(22)11-24-17)15-4-6-23-21(20(15)26-19)18-5-7-25-27-18/h2-7,10-11,13H,8-9,12H2,1H3,(H,25,27)/t13-/m1/s1. The van der Waals surface area contributed by atoms with Crippen molar-refractivity contribution in [1.29, 1.82) is 0 Å². The van der Waals surface area contributed by atoms with Gasteiger partial charge in [0.05, 0.1) is 36.8 Å². The Bertz CT molecular complexity index is 1150. The summed E-state index contributed by atoms with van der Waals surface area (Å²) < 4.78 is 19.1. The molecule has 7 nitrogen and oxygen atoms in total. The van der Waals surface area contributed by atoms with Crippen LogP contribution in [-0.2, 0) is 4.74 Å². The molecule has 4 aromatic rings. The van der Waals surface area contributed by atoms with Gasteiger partial charge in [-0.25, -0.2) is 9.37 Å². The lowest BCUT2D eigenvalue weighted by Gasteiger charge is -2.34. The Hall–Kier alpha value is -3.39. The van der Waals surface area contributed by atoms with E-state index in [4.69, 9.17) is 9.72 Å². The van der Waals surface area contributed by atoms with Crippen LogP contribution in [0.2, 0.25) is 0 Å². The summed E-state index contributed by atoms with van der Waals surface area (Å²) in [4.78, 5) is 16.0. The second-order valence-corrected chi connectivity index (χ2v) is 7.03. The molecule has 0 aromatic carbocycles. The molecule has 1 fully saturated rings. The summed E-state index contributed by atoms with van der Waals surface area (Å²) in [6, 6.07) is 9.09. The van der Waals surface area contributed by atoms with Gasteiger partial charge in [-0.15, -0.1) is 0 Å². The van der Waals surface area contributed by atoms with E-state index in [2.05, 4.69) is 32.0 Å². The largest absolute Gasteiger partial charge is 0.377 e. The highest BCUT2D eigenvalue weighted by Gasteiger charge is 2.23. The Morgan fingerprint density at radius 2 is 2.10 bits per heavy atom. The van der Waals surface area contributed by atoms with Crippen LogP contribution in [0.3, 0.4) is 0 Å². The number of rotatable bonds is 3. The van der Waals surface area contributed by atoms with Crippen LogP contribution in [0, 0.1) is 5.82 Å². The minimum atomic E-state index is -0.367. The fraction of sp³-hybridized carbons (Fsp3) is 0.238. The molecule has 5 heterocycles. The van der Waals surface area contributed by atoms with Gasteiger partial charge >= 0.3 is 0 Å². The summed E-state index contributed by atoms with van der Waals surface area (Å²) in [6.07, 6.45) is 4.66. The monoisotopic (exact) mass is 390 g/mol. The van der Waals surface area contributed by atoms with Crippen molar-refractivity contribution in [2.24, 2.45) is 0 Å². The maximum Gasteiger partial charge on any atom is 0.141 e. The zero-order chi connectivity index (χ0) is 19.8. The molecule has 1 atom stereocenters. The van der Waals surface area contributed by atoms with Crippen molar-refractivity contribution in [2.45, 2.75) is 13.0 Å². The van der Waals surface area contributed by atoms with E-state index in [1.54, 1.807) is 18.5 Å². The SMILES string of the molecule is C[C@@H]1COCCN1c1cc(-c2ccc(F)cn2)c2ccnc(-c3ccn[nH]3)c2n1. The third-order valence-corrected chi connectivity index (χ3v) is 5.14. The third-order valence-electron chi connectivity index (χ3n) is 5.14. The molecule has 1 N–H and O–H groups in total. The lowest BCUT2D eigenvalue weighted by atomic mass is 10.0. The van der Waals surface area contributed by atoms with Crippen molar-refractivity contribution in [3.05, 3.63) is 54.7 Å². The lowest BCUT2D eigenvalue weighted by molar-refractivity contribution is 0.0986. The highest BCUT2D eigenvalue weighted by atomic mass is 19.1. The smallest absolute Gasteiger partial charge is 0.141 e. The number of hydrogen-bond acceptors (Lipinski definition) is 6. The summed E-state index contributed by atoms with van der Waals surface area (Å²) in [5.74, 6) is 0.456. The van der Waals surface area contributed by atoms with Crippen LogP contribution in [0.1, 0.15) is 6.92 Å². The second-order valence-electron chi connectivity index (χ2n) is 7.03. The van der Waals surface area contributed by atoms with Crippen molar-refractivity contribution >= 4 is 16.7 Å². The van der Waals surface area contributed by atoms with Gasteiger partial charge in [-0.05, 0) is 37.3 Å². The number of aromatic nitrogens is 5. The van der Waals surface area contributed by atoms with E-state index in [-0.39, 0.29) is 11.9 Å². The van der Waals surface area contributed by atoms with Gasteiger partial charge in [-0.1, -0.05) is 0 Å². The minimum absolute atomic E-state index is 0.190. The number of anilines is 1. The fourth-order valence-corrected chi connectivity index (χ4v) is 3.68. The number of H-pyrrole nitrogens is 1. The van der Waals surface area contributed by atoms with E-state index < -0.39 is 0 Å². The number of nitrogens with one attached hydrogen (secondary N) is 1. The summed E-state index contributed by atoms with van der Waals surface area (Å²) in [6.45, 7) is 4.15. The predicted molar refractivity (Wildman–Crippen MR) is 108 cm³/mol. The fourth-order valence-electron chi connectivity index (χ4n) is 3.68. The second kappa shape index (κ2) is 7.21. The first-order valence-electron chi connectivity index (χ1n) is 9.46. The minimum Gasteiger partial charge on any atom is -0.377 e. The predicted octanol–water partition coefficient (Wildman–Crippen LogP) is 3.45. The van der Waals surface area contributed by atoms with E-state index in [0.29, 0.717) is 24.6 Å². The summed E-state index contributed by atoms with van der Waals surface area (Å²) >= 11 is 0. The molecule has 4 aromatic heterocycles. The molecule has 0 spiro atoms. The average molecular weight is 390 g/mol. The maximum absolute atomic E-state index is 13.5. The average Bonchev–Trinajstić information content (AvgIpc) is 3.28. The Labute approximate surface area is 166 Å². The number of aromatic amines is 1. The van der Waals surface area contributed by atoms with E-state index in [1.807, 2.05) is 18.2 Å². The highest BCUT2D eigenvalue weighted by Crippen LogP contribution is 2.34. The molecular formula is C21H19FN6O. The van der Waals surface area contributed by atoms with Crippen LogP contribution in [0.25, 0.3) is 33.5 Å². The van der Waals surface area contributed by atoms with Gasteiger partial charge in [0.15, 0.2) is 0 Å². The number of halogens is 1. The molecule has 8 heteroatoms. The van der Waals surface area contributed by atoms with Crippen molar-refractivity contribution in [1.82, 2.24) is 25.1 Å². The third kappa shape index (κ3) is 3.21. The van der Waals surface area contributed by atoms with Crippen molar-refractivity contribution in [2.75, 3.05) is 24.7 Å². The number of hydrogen-bond donors (Lipinski definition) is 1. The molecule has 0 radical (unpaired) electrons. The molecule has 0 unspecified atom stereocenters. The summed E-state index contributed by atoms with van der Waals surface area (Å²) in [7, 11) is 0. The van der Waals surface area contributed by atoms with Crippen molar-refractivity contribution in [3.63, 3.8) is 0 Å². The number of nitrogens with zero attached hydrogens (tertiary/aromatic N) is 5. The number of fused-ring (bicyclic) bond motifs is 1. The van der Waals surface area contributed by atoms with Crippen LogP contribution in [0.15, 0.2) is 48.9 Å².